The Bertz CT molecular complexity index is 1030. The van der Waals surface area contributed by atoms with Gasteiger partial charge >= 0.3 is 0 Å². The van der Waals surface area contributed by atoms with Crippen molar-refractivity contribution >= 4 is 27.5 Å². The standard InChI is InChI=1S/C21H25ClN2O4S/c1-21(2)18(13-6-9-15(10-7-13)29(26,27)24(3)4)19(21)23-20(25)16-12-14(22)8-11-17(16)28-5/h6-12,18-19H,1-5H3,(H,23,25). The van der Waals surface area contributed by atoms with Crippen molar-refractivity contribution < 1.29 is 17.9 Å². The van der Waals surface area contributed by atoms with Crippen molar-refractivity contribution in [1.82, 2.24) is 9.62 Å². The lowest BCUT2D eigenvalue weighted by Gasteiger charge is -2.12. The van der Waals surface area contributed by atoms with Crippen LogP contribution < -0.4 is 10.1 Å². The molecule has 0 radical (unpaired) electrons. The summed E-state index contributed by atoms with van der Waals surface area (Å²) < 4.78 is 31.0. The van der Waals surface area contributed by atoms with Crippen molar-refractivity contribution in [3.8, 4) is 5.75 Å². The lowest BCUT2D eigenvalue weighted by molar-refractivity contribution is 0.0943. The maximum atomic E-state index is 12.8. The molecule has 2 atom stereocenters. The first-order valence-electron chi connectivity index (χ1n) is 9.17. The number of amides is 1. The van der Waals surface area contributed by atoms with Crippen LogP contribution in [-0.4, -0.2) is 45.9 Å². The molecule has 1 saturated carbocycles. The Hall–Kier alpha value is -2.09. The van der Waals surface area contributed by atoms with Gasteiger partial charge in [-0.3, -0.25) is 4.79 Å². The summed E-state index contributed by atoms with van der Waals surface area (Å²) >= 11 is 6.04. The van der Waals surface area contributed by atoms with Crippen LogP contribution >= 0.6 is 11.6 Å². The smallest absolute Gasteiger partial charge is 0.255 e. The number of sulfonamides is 1. The number of halogens is 1. The summed E-state index contributed by atoms with van der Waals surface area (Å²) in [6.45, 7) is 4.14. The Balaban J connectivity index is 1.80. The fraction of sp³-hybridized carbons (Fsp3) is 0.381. The second-order valence-electron chi connectivity index (χ2n) is 7.95. The number of nitrogens with zero attached hydrogens (tertiary/aromatic N) is 1. The van der Waals surface area contributed by atoms with Crippen LogP contribution in [0.4, 0.5) is 0 Å². The number of carbonyl (C=O) groups is 1. The highest BCUT2D eigenvalue weighted by atomic mass is 35.5. The second-order valence-corrected chi connectivity index (χ2v) is 10.5. The van der Waals surface area contributed by atoms with Gasteiger partial charge in [0.15, 0.2) is 0 Å². The van der Waals surface area contributed by atoms with Crippen LogP contribution in [0.3, 0.4) is 0 Å². The maximum Gasteiger partial charge on any atom is 0.255 e. The molecule has 1 fully saturated rings. The lowest BCUT2D eigenvalue weighted by atomic mass is 10.0. The molecule has 0 aliphatic heterocycles. The van der Waals surface area contributed by atoms with Crippen LogP contribution in [0.25, 0.3) is 0 Å². The summed E-state index contributed by atoms with van der Waals surface area (Å²) in [6, 6.07) is 11.7. The minimum atomic E-state index is -3.47. The van der Waals surface area contributed by atoms with E-state index in [2.05, 4.69) is 19.2 Å². The molecule has 156 valence electrons. The summed E-state index contributed by atoms with van der Waals surface area (Å²) in [4.78, 5) is 13.1. The van der Waals surface area contributed by atoms with Crippen LogP contribution in [0.15, 0.2) is 47.4 Å². The zero-order valence-electron chi connectivity index (χ0n) is 17.1. The van der Waals surface area contributed by atoms with Gasteiger partial charge in [0, 0.05) is 31.1 Å². The molecule has 2 aromatic carbocycles. The predicted molar refractivity (Wildman–Crippen MR) is 113 cm³/mol. The van der Waals surface area contributed by atoms with Crippen molar-refractivity contribution in [3.63, 3.8) is 0 Å². The summed E-state index contributed by atoms with van der Waals surface area (Å²) in [7, 11) is 1.04. The van der Waals surface area contributed by atoms with Crippen molar-refractivity contribution in [3.05, 3.63) is 58.6 Å². The van der Waals surface area contributed by atoms with Gasteiger partial charge in [-0.2, -0.15) is 0 Å². The average molecular weight is 437 g/mol. The van der Waals surface area contributed by atoms with E-state index >= 15 is 0 Å². The fourth-order valence-electron chi connectivity index (χ4n) is 3.66. The first-order valence-corrected chi connectivity index (χ1v) is 11.0. The van der Waals surface area contributed by atoms with E-state index < -0.39 is 10.0 Å². The van der Waals surface area contributed by atoms with Gasteiger partial charge in [0.1, 0.15) is 5.75 Å². The van der Waals surface area contributed by atoms with Gasteiger partial charge in [0.05, 0.1) is 17.6 Å². The predicted octanol–water partition coefficient (Wildman–Crippen LogP) is 3.52. The van der Waals surface area contributed by atoms with E-state index in [1.807, 2.05) is 12.1 Å². The highest BCUT2D eigenvalue weighted by molar-refractivity contribution is 7.89. The van der Waals surface area contributed by atoms with E-state index in [9.17, 15) is 13.2 Å². The highest BCUT2D eigenvalue weighted by Gasteiger charge is 2.59. The fourth-order valence-corrected chi connectivity index (χ4v) is 4.74. The third-order valence-electron chi connectivity index (χ3n) is 5.54. The first kappa shape index (κ1) is 21.6. The third kappa shape index (κ3) is 3.99. The van der Waals surface area contributed by atoms with Crippen LogP contribution in [-0.2, 0) is 10.0 Å². The van der Waals surface area contributed by atoms with Crippen LogP contribution in [0.1, 0.15) is 35.7 Å². The molecule has 0 heterocycles. The largest absolute Gasteiger partial charge is 0.496 e. The molecule has 1 amide bonds. The molecule has 0 aromatic heterocycles. The molecule has 2 aromatic rings. The van der Waals surface area contributed by atoms with Crippen molar-refractivity contribution in [1.29, 1.82) is 0 Å². The topological polar surface area (TPSA) is 75.7 Å². The molecule has 0 bridgehead atoms. The quantitative estimate of drug-likeness (QED) is 0.751. The Morgan fingerprint density at radius 2 is 1.76 bits per heavy atom. The Morgan fingerprint density at radius 1 is 1.14 bits per heavy atom. The van der Waals surface area contributed by atoms with Crippen molar-refractivity contribution in [2.45, 2.75) is 30.7 Å². The van der Waals surface area contributed by atoms with Crippen LogP contribution in [0.2, 0.25) is 5.02 Å². The maximum absolute atomic E-state index is 12.8. The molecular formula is C21H25ClN2O4S. The van der Waals surface area contributed by atoms with Crippen LogP contribution in [0.5, 0.6) is 5.75 Å². The lowest BCUT2D eigenvalue weighted by Crippen LogP contribution is -2.29. The molecule has 3 rings (SSSR count). The van der Waals surface area contributed by atoms with Crippen LogP contribution in [0, 0.1) is 5.41 Å². The Kier molecular flexibility index (Phi) is 5.69. The molecular weight excluding hydrogens is 412 g/mol. The molecule has 29 heavy (non-hydrogen) atoms. The van der Waals surface area contributed by atoms with Gasteiger partial charge in [0.2, 0.25) is 10.0 Å². The van der Waals surface area contributed by atoms with Gasteiger partial charge in [-0.15, -0.1) is 0 Å². The highest BCUT2D eigenvalue weighted by Crippen LogP contribution is 2.58. The summed E-state index contributed by atoms with van der Waals surface area (Å²) in [5.41, 5.74) is 1.20. The number of hydrogen-bond acceptors (Lipinski definition) is 4. The van der Waals surface area contributed by atoms with E-state index in [0.717, 1.165) is 5.56 Å². The number of ether oxygens (including phenoxy) is 1. The third-order valence-corrected chi connectivity index (χ3v) is 7.60. The SMILES string of the molecule is COc1ccc(Cl)cc1C(=O)NC1C(c2ccc(S(=O)(=O)N(C)C)cc2)C1(C)C. The molecule has 2 unspecified atom stereocenters. The first-order chi connectivity index (χ1) is 13.5. The number of carbonyl (C=O) groups excluding carboxylic acids is 1. The van der Waals surface area contributed by atoms with E-state index in [-0.39, 0.29) is 28.2 Å². The number of benzene rings is 2. The monoisotopic (exact) mass is 436 g/mol. The van der Waals surface area contributed by atoms with Gasteiger partial charge in [-0.05, 0) is 41.3 Å². The van der Waals surface area contributed by atoms with Gasteiger partial charge < -0.3 is 10.1 Å². The van der Waals surface area contributed by atoms with E-state index in [4.69, 9.17) is 16.3 Å². The zero-order chi connectivity index (χ0) is 21.6. The molecule has 0 saturated heterocycles. The van der Waals surface area contributed by atoms with Gasteiger partial charge in [-0.1, -0.05) is 37.6 Å². The summed E-state index contributed by atoms with van der Waals surface area (Å²) in [5, 5.41) is 3.53. The normalized spacial score (nSPS) is 20.4. The van der Waals surface area contributed by atoms with Gasteiger partial charge in [0.25, 0.3) is 5.91 Å². The molecule has 0 spiro atoms. The number of methoxy groups -OCH3 is 1. The number of rotatable bonds is 6. The zero-order valence-corrected chi connectivity index (χ0v) is 18.6. The molecule has 8 heteroatoms. The molecule has 1 N–H and O–H groups in total. The van der Waals surface area contributed by atoms with Crippen molar-refractivity contribution in [2.75, 3.05) is 21.2 Å². The second kappa shape index (κ2) is 7.63. The number of nitrogens with one attached hydrogen (secondary N) is 1. The molecule has 1 aliphatic carbocycles. The minimum absolute atomic E-state index is 0.0766. The summed E-state index contributed by atoms with van der Waals surface area (Å²) in [6.07, 6.45) is 0. The molecule has 1 aliphatic rings. The van der Waals surface area contributed by atoms with E-state index in [0.29, 0.717) is 16.3 Å². The summed E-state index contributed by atoms with van der Waals surface area (Å²) in [5.74, 6) is 0.282. The minimum Gasteiger partial charge on any atom is -0.496 e. The van der Waals surface area contributed by atoms with Crippen molar-refractivity contribution in [2.24, 2.45) is 5.41 Å². The Morgan fingerprint density at radius 3 is 2.31 bits per heavy atom. The average Bonchev–Trinajstić information content (AvgIpc) is 3.21. The Labute approximate surface area is 176 Å². The van der Waals surface area contributed by atoms with E-state index in [1.54, 1.807) is 30.3 Å². The number of hydrogen-bond donors (Lipinski definition) is 1. The van der Waals surface area contributed by atoms with Gasteiger partial charge in [-0.25, -0.2) is 12.7 Å². The van der Waals surface area contributed by atoms with E-state index in [1.165, 1.54) is 25.5 Å². The molecule has 6 nitrogen and oxygen atoms in total.